The lowest BCUT2D eigenvalue weighted by molar-refractivity contribution is 0.594. The molecule has 0 aliphatic heterocycles. The second kappa shape index (κ2) is 5.73. The number of benzene rings is 1. The van der Waals surface area contributed by atoms with E-state index in [0.717, 1.165) is 11.1 Å². The molecule has 2 rings (SSSR count). The Morgan fingerprint density at radius 2 is 1.71 bits per heavy atom. The summed E-state index contributed by atoms with van der Waals surface area (Å²) in [6, 6.07) is 8.89. The van der Waals surface area contributed by atoms with E-state index in [9.17, 15) is 8.42 Å². The van der Waals surface area contributed by atoms with E-state index in [4.69, 9.17) is 0 Å². The molecule has 0 unspecified atom stereocenters. The lowest BCUT2D eigenvalue weighted by Gasteiger charge is -2.20. The first-order chi connectivity index (χ1) is 9.84. The van der Waals surface area contributed by atoms with E-state index < -0.39 is 10.0 Å². The molecule has 0 atom stereocenters. The summed E-state index contributed by atoms with van der Waals surface area (Å²) in [5, 5.41) is 2.86. The largest absolute Gasteiger partial charge is 0.373 e. The Morgan fingerprint density at radius 3 is 2.19 bits per heavy atom. The van der Waals surface area contributed by atoms with Crippen LogP contribution in [0.3, 0.4) is 0 Å². The number of rotatable bonds is 4. The number of aromatic nitrogens is 1. The van der Waals surface area contributed by atoms with Crippen molar-refractivity contribution in [2.45, 2.75) is 18.7 Å². The zero-order valence-electron chi connectivity index (χ0n) is 12.6. The van der Waals surface area contributed by atoms with Gasteiger partial charge >= 0.3 is 0 Å². The predicted molar refractivity (Wildman–Crippen MR) is 85.3 cm³/mol. The molecule has 0 aliphatic rings. The summed E-state index contributed by atoms with van der Waals surface area (Å²) in [5.41, 5.74) is 2.69. The topological polar surface area (TPSA) is 62.3 Å². The van der Waals surface area contributed by atoms with Crippen molar-refractivity contribution in [1.82, 2.24) is 4.98 Å². The van der Waals surface area contributed by atoms with Crippen molar-refractivity contribution < 1.29 is 8.42 Å². The summed E-state index contributed by atoms with van der Waals surface area (Å²) in [6.45, 7) is 3.89. The third kappa shape index (κ3) is 3.16. The van der Waals surface area contributed by atoms with Gasteiger partial charge in [-0.2, -0.15) is 0 Å². The van der Waals surface area contributed by atoms with Crippen LogP contribution in [-0.4, -0.2) is 27.5 Å². The van der Waals surface area contributed by atoms with Gasteiger partial charge in [0.05, 0.1) is 5.69 Å². The van der Waals surface area contributed by atoms with Gasteiger partial charge in [-0.1, -0.05) is 6.07 Å². The third-order valence-electron chi connectivity index (χ3n) is 3.22. The molecule has 1 heterocycles. The van der Waals surface area contributed by atoms with E-state index in [2.05, 4.69) is 10.3 Å². The Hall–Kier alpha value is -2.08. The molecule has 0 amide bonds. The Labute approximate surface area is 125 Å². The minimum absolute atomic E-state index is 0.170. The summed E-state index contributed by atoms with van der Waals surface area (Å²) >= 11 is 0. The van der Waals surface area contributed by atoms with Crippen molar-refractivity contribution in [2.24, 2.45) is 0 Å². The number of hydrogen-bond acceptors (Lipinski definition) is 4. The maximum atomic E-state index is 12.6. The average molecular weight is 305 g/mol. The van der Waals surface area contributed by atoms with E-state index >= 15 is 0 Å². The fourth-order valence-corrected chi connectivity index (χ4v) is 3.24. The molecule has 0 spiro atoms. The summed E-state index contributed by atoms with van der Waals surface area (Å²) in [4.78, 5) is 4.23. The molecule has 5 nitrogen and oxygen atoms in total. The normalized spacial score (nSPS) is 11.2. The molecule has 6 heteroatoms. The molecule has 1 N–H and O–H groups in total. The van der Waals surface area contributed by atoms with Crippen LogP contribution in [0.1, 0.15) is 11.1 Å². The van der Waals surface area contributed by atoms with Gasteiger partial charge in [0.2, 0.25) is 0 Å². The molecule has 0 fully saturated rings. The molecule has 0 radical (unpaired) electrons. The van der Waals surface area contributed by atoms with Crippen LogP contribution in [0, 0.1) is 13.8 Å². The zero-order valence-corrected chi connectivity index (χ0v) is 13.4. The Balaban J connectivity index is 2.41. The monoisotopic (exact) mass is 305 g/mol. The quantitative estimate of drug-likeness (QED) is 0.943. The van der Waals surface area contributed by atoms with Crippen molar-refractivity contribution in [2.75, 3.05) is 23.7 Å². The second-order valence-corrected chi connectivity index (χ2v) is 6.92. The van der Waals surface area contributed by atoms with E-state index in [-0.39, 0.29) is 4.90 Å². The fraction of sp³-hybridized carbons (Fsp3) is 0.267. The molecule has 112 valence electrons. The summed E-state index contributed by atoms with van der Waals surface area (Å²) < 4.78 is 26.5. The molecular weight excluding hydrogens is 286 g/mol. The first-order valence-corrected chi connectivity index (χ1v) is 7.99. The van der Waals surface area contributed by atoms with Crippen LogP contribution in [0.25, 0.3) is 0 Å². The van der Waals surface area contributed by atoms with Gasteiger partial charge in [-0.15, -0.1) is 0 Å². The lowest BCUT2D eigenvalue weighted by atomic mass is 10.1. The third-order valence-corrected chi connectivity index (χ3v) is 4.99. The van der Waals surface area contributed by atoms with Gasteiger partial charge in [0.15, 0.2) is 0 Å². The number of aryl methyl sites for hydroxylation is 2. The Bertz CT molecular complexity index is 720. The fourth-order valence-electron chi connectivity index (χ4n) is 2.11. The molecule has 21 heavy (non-hydrogen) atoms. The van der Waals surface area contributed by atoms with Crippen LogP contribution >= 0.6 is 0 Å². The summed E-state index contributed by atoms with van der Waals surface area (Å²) in [7, 11) is -0.322. The zero-order chi connectivity index (χ0) is 15.6. The van der Waals surface area contributed by atoms with E-state index in [1.807, 2.05) is 32.0 Å². The van der Waals surface area contributed by atoms with E-state index in [1.54, 1.807) is 26.2 Å². The second-order valence-electron chi connectivity index (χ2n) is 4.95. The molecule has 1 aromatic carbocycles. The molecule has 0 bridgehead atoms. The van der Waals surface area contributed by atoms with Gasteiger partial charge < -0.3 is 5.32 Å². The minimum atomic E-state index is -3.61. The lowest BCUT2D eigenvalue weighted by Crippen LogP contribution is -2.26. The average Bonchev–Trinajstić information content (AvgIpc) is 2.45. The van der Waals surface area contributed by atoms with Crippen LogP contribution < -0.4 is 9.62 Å². The van der Waals surface area contributed by atoms with Gasteiger partial charge in [0, 0.05) is 20.3 Å². The number of pyridine rings is 1. The summed E-state index contributed by atoms with van der Waals surface area (Å²) in [5.74, 6) is 0.628. The number of nitrogens with one attached hydrogen (secondary N) is 1. The molecule has 2 aromatic rings. The van der Waals surface area contributed by atoms with E-state index in [1.165, 1.54) is 10.5 Å². The molecular formula is C15H19N3O2S. The van der Waals surface area contributed by atoms with Crippen LogP contribution in [0.15, 0.2) is 41.4 Å². The van der Waals surface area contributed by atoms with Gasteiger partial charge in [-0.3, -0.25) is 4.31 Å². The highest BCUT2D eigenvalue weighted by atomic mass is 32.2. The van der Waals surface area contributed by atoms with Crippen LogP contribution in [0.2, 0.25) is 0 Å². The number of anilines is 2. The first kappa shape index (κ1) is 15.3. The predicted octanol–water partition coefficient (Wildman–Crippen LogP) is 2.57. The number of nitrogens with zero attached hydrogens (tertiary/aromatic N) is 2. The van der Waals surface area contributed by atoms with Crippen molar-refractivity contribution in [3.05, 3.63) is 47.7 Å². The van der Waals surface area contributed by atoms with E-state index in [0.29, 0.717) is 11.5 Å². The standard InChI is InChI=1S/C15H19N3O2S/c1-11-7-12(2)9-13(8-11)18(4)21(19,20)14-5-6-15(16-3)17-10-14/h5-10H,1-4H3,(H,16,17). The SMILES string of the molecule is CNc1ccc(S(=O)(=O)N(C)c2cc(C)cc(C)c2)cn1. The molecule has 0 saturated carbocycles. The Kier molecular flexibility index (Phi) is 4.18. The van der Waals surface area contributed by atoms with Crippen LogP contribution in [0.4, 0.5) is 11.5 Å². The summed E-state index contributed by atoms with van der Waals surface area (Å²) in [6.07, 6.45) is 1.36. The molecule has 0 saturated heterocycles. The van der Waals surface area contributed by atoms with Crippen molar-refractivity contribution >= 4 is 21.5 Å². The van der Waals surface area contributed by atoms with Crippen LogP contribution in [0.5, 0.6) is 0 Å². The molecule has 0 aliphatic carbocycles. The molecule has 1 aromatic heterocycles. The van der Waals surface area contributed by atoms with Crippen molar-refractivity contribution in [1.29, 1.82) is 0 Å². The van der Waals surface area contributed by atoms with Gasteiger partial charge in [-0.25, -0.2) is 13.4 Å². The maximum Gasteiger partial charge on any atom is 0.265 e. The number of hydrogen-bond donors (Lipinski definition) is 1. The van der Waals surface area contributed by atoms with Crippen LogP contribution in [-0.2, 0) is 10.0 Å². The minimum Gasteiger partial charge on any atom is -0.373 e. The highest BCUT2D eigenvalue weighted by Crippen LogP contribution is 2.24. The highest BCUT2D eigenvalue weighted by molar-refractivity contribution is 7.92. The van der Waals surface area contributed by atoms with Crippen molar-refractivity contribution in [3.63, 3.8) is 0 Å². The van der Waals surface area contributed by atoms with Gasteiger partial charge in [0.1, 0.15) is 10.7 Å². The highest BCUT2D eigenvalue weighted by Gasteiger charge is 2.22. The number of sulfonamides is 1. The van der Waals surface area contributed by atoms with Crippen molar-refractivity contribution in [3.8, 4) is 0 Å². The maximum absolute atomic E-state index is 12.6. The van der Waals surface area contributed by atoms with Gasteiger partial charge in [-0.05, 0) is 49.2 Å². The smallest absolute Gasteiger partial charge is 0.265 e. The Morgan fingerprint density at radius 1 is 1.10 bits per heavy atom. The van der Waals surface area contributed by atoms with Gasteiger partial charge in [0.25, 0.3) is 10.0 Å². The first-order valence-electron chi connectivity index (χ1n) is 6.55.